The number of hydrogen-bond acceptors (Lipinski definition) is 3. The molecule has 0 fully saturated rings. The van der Waals surface area contributed by atoms with Crippen molar-refractivity contribution in [2.24, 2.45) is 0 Å². The molecular weight excluding hydrogens is 273 g/mol. The van der Waals surface area contributed by atoms with E-state index in [2.05, 4.69) is 12.6 Å². The Morgan fingerprint density at radius 2 is 1.70 bits per heavy atom. The maximum absolute atomic E-state index is 13.3. The third-order valence-corrected chi connectivity index (χ3v) is 3.45. The second-order valence-electron chi connectivity index (χ2n) is 4.80. The van der Waals surface area contributed by atoms with Crippen molar-refractivity contribution in [3.05, 3.63) is 29.6 Å². The van der Waals surface area contributed by atoms with Crippen LogP contribution in [0.4, 0.5) is 4.39 Å². The molecule has 0 aliphatic heterocycles. The van der Waals surface area contributed by atoms with Crippen molar-refractivity contribution in [3.8, 4) is 11.8 Å². The third kappa shape index (κ3) is 6.81. The lowest BCUT2D eigenvalue weighted by molar-refractivity contribution is 0.303. The lowest BCUT2D eigenvalue weighted by atomic mass is 10.1. The van der Waals surface area contributed by atoms with Gasteiger partial charge in [0.25, 0.3) is 0 Å². The lowest BCUT2D eigenvalue weighted by Crippen LogP contribution is -1.98. The van der Waals surface area contributed by atoms with Gasteiger partial charge in [0.05, 0.1) is 12.2 Å². The summed E-state index contributed by atoms with van der Waals surface area (Å²) in [6.45, 7) is 0.599. The summed E-state index contributed by atoms with van der Waals surface area (Å²) in [5.74, 6) is 0.958. The first-order valence-electron chi connectivity index (χ1n) is 7.21. The van der Waals surface area contributed by atoms with Crippen molar-refractivity contribution in [2.75, 3.05) is 12.4 Å². The van der Waals surface area contributed by atoms with Gasteiger partial charge in [-0.25, -0.2) is 4.39 Å². The Labute approximate surface area is 126 Å². The number of hydrogen-bond donors (Lipinski definition) is 1. The predicted octanol–water partition coefficient (Wildman–Crippen LogP) is 4.74. The standard InChI is InChI=1S/C16H22FNOS/c17-16-12-15(9-8-14(16)13-18)19-10-6-4-2-1-3-5-7-11-20/h8-9,12,20H,1-7,10-11H2. The summed E-state index contributed by atoms with van der Waals surface area (Å²) in [5, 5.41) is 8.62. The summed E-state index contributed by atoms with van der Waals surface area (Å²) in [4.78, 5) is 0. The van der Waals surface area contributed by atoms with E-state index in [1.54, 1.807) is 12.1 Å². The van der Waals surface area contributed by atoms with Gasteiger partial charge in [-0.05, 0) is 30.7 Å². The molecule has 110 valence electrons. The number of nitriles is 1. The maximum atomic E-state index is 13.3. The molecule has 0 aromatic heterocycles. The van der Waals surface area contributed by atoms with Crippen LogP contribution in [0.15, 0.2) is 18.2 Å². The fraction of sp³-hybridized carbons (Fsp3) is 0.562. The Hall–Kier alpha value is -1.21. The summed E-state index contributed by atoms with van der Waals surface area (Å²) in [6.07, 6.45) is 8.36. The molecule has 0 atom stereocenters. The summed E-state index contributed by atoms with van der Waals surface area (Å²) in [7, 11) is 0. The number of halogens is 1. The molecule has 0 aliphatic carbocycles. The Kier molecular flexibility index (Phi) is 8.90. The van der Waals surface area contributed by atoms with Gasteiger partial charge in [-0.15, -0.1) is 0 Å². The smallest absolute Gasteiger partial charge is 0.144 e. The minimum Gasteiger partial charge on any atom is -0.493 e. The van der Waals surface area contributed by atoms with E-state index in [9.17, 15) is 4.39 Å². The molecule has 1 rings (SSSR count). The summed E-state index contributed by atoms with van der Waals surface area (Å²) >= 11 is 4.19. The molecule has 20 heavy (non-hydrogen) atoms. The molecular formula is C16H22FNOS. The van der Waals surface area contributed by atoms with Crippen LogP contribution in [0.3, 0.4) is 0 Å². The zero-order valence-electron chi connectivity index (χ0n) is 11.8. The molecule has 0 heterocycles. The van der Waals surface area contributed by atoms with E-state index >= 15 is 0 Å². The van der Waals surface area contributed by atoms with E-state index in [0.717, 1.165) is 18.6 Å². The van der Waals surface area contributed by atoms with Crippen molar-refractivity contribution in [1.82, 2.24) is 0 Å². The molecule has 0 N–H and O–H groups in total. The van der Waals surface area contributed by atoms with Crippen LogP contribution in [0, 0.1) is 17.1 Å². The SMILES string of the molecule is N#Cc1ccc(OCCCCCCCCCS)cc1F. The van der Waals surface area contributed by atoms with E-state index < -0.39 is 5.82 Å². The number of benzene rings is 1. The molecule has 0 radical (unpaired) electrons. The monoisotopic (exact) mass is 295 g/mol. The quantitative estimate of drug-likeness (QED) is 0.499. The van der Waals surface area contributed by atoms with Crippen molar-refractivity contribution < 1.29 is 9.13 Å². The average Bonchev–Trinajstić information content (AvgIpc) is 2.46. The molecule has 2 nitrogen and oxygen atoms in total. The van der Waals surface area contributed by atoms with Crippen LogP contribution in [-0.2, 0) is 0 Å². The molecule has 0 saturated heterocycles. The number of rotatable bonds is 10. The molecule has 0 unspecified atom stereocenters. The Morgan fingerprint density at radius 3 is 2.30 bits per heavy atom. The maximum Gasteiger partial charge on any atom is 0.144 e. The second kappa shape index (κ2) is 10.6. The first kappa shape index (κ1) is 16.8. The van der Waals surface area contributed by atoms with Crippen LogP contribution in [0.5, 0.6) is 5.75 Å². The second-order valence-corrected chi connectivity index (χ2v) is 5.25. The van der Waals surface area contributed by atoms with Crippen LogP contribution in [0.1, 0.15) is 50.5 Å². The third-order valence-electron chi connectivity index (χ3n) is 3.13. The summed E-state index contributed by atoms with van der Waals surface area (Å²) in [5.41, 5.74) is 0.0542. The van der Waals surface area contributed by atoms with Crippen LogP contribution < -0.4 is 4.74 Å². The number of ether oxygens (including phenoxy) is 1. The molecule has 1 aromatic carbocycles. The fourth-order valence-electron chi connectivity index (χ4n) is 1.96. The van der Waals surface area contributed by atoms with Gasteiger partial charge in [0.15, 0.2) is 0 Å². The van der Waals surface area contributed by atoms with Crippen molar-refractivity contribution in [2.45, 2.75) is 44.9 Å². The minimum atomic E-state index is -0.519. The van der Waals surface area contributed by atoms with Crippen molar-refractivity contribution >= 4 is 12.6 Å². The first-order chi connectivity index (χ1) is 9.77. The topological polar surface area (TPSA) is 33.0 Å². The highest BCUT2D eigenvalue weighted by Crippen LogP contribution is 2.16. The zero-order valence-corrected chi connectivity index (χ0v) is 12.7. The largest absolute Gasteiger partial charge is 0.493 e. The van der Waals surface area contributed by atoms with Crippen LogP contribution in [-0.4, -0.2) is 12.4 Å². The van der Waals surface area contributed by atoms with Gasteiger partial charge in [-0.2, -0.15) is 17.9 Å². The van der Waals surface area contributed by atoms with Gasteiger partial charge in [-0.1, -0.05) is 32.1 Å². The van der Waals surface area contributed by atoms with Gasteiger partial charge in [0.2, 0.25) is 0 Å². The predicted molar refractivity (Wildman–Crippen MR) is 82.8 cm³/mol. The lowest BCUT2D eigenvalue weighted by Gasteiger charge is -2.06. The van der Waals surface area contributed by atoms with E-state index in [1.165, 1.54) is 44.2 Å². The first-order valence-corrected chi connectivity index (χ1v) is 7.84. The molecule has 4 heteroatoms. The van der Waals surface area contributed by atoms with E-state index in [1.807, 2.05) is 0 Å². The highest BCUT2D eigenvalue weighted by atomic mass is 32.1. The number of thiol groups is 1. The van der Waals surface area contributed by atoms with Crippen molar-refractivity contribution in [3.63, 3.8) is 0 Å². The highest BCUT2D eigenvalue weighted by molar-refractivity contribution is 7.80. The fourth-order valence-corrected chi connectivity index (χ4v) is 2.19. The van der Waals surface area contributed by atoms with Crippen LogP contribution in [0.25, 0.3) is 0 Å². The molecule has 0 bridgehead atoms. The molecule has 0 spiro atoms. The van der Waals surface area contributed by atoms with Gasteiger partial charge in [-0.3, -0.25) is 0 Å². The van der Waals surface area contributed by atoms with Gasteiger partial charge >= 0.3 is 0 Å². The normalized spacial score (nSPS) is 10.2. The summed E-state index contributed by atoms with van der Waals surface area (Å²) in [6, 6.07) is 6.15. The molecule has 0 amide bonds. The minimum absolute atomic E-state index is 0.0542. The molecule has 0 saturated carbocycles. The molecule has 0 aliphatic rings. The Bertz CT molecular complexity index is 431. The van der Waals surface area contributed by atoms with Gasteiger partial charge in [0, 0.05) is 6.07 Å². The van der Waals surface area contributed by atoms with Crippen LogP contribution in [0.2, 0.25) is 0 Å². The van der Waals surface area contributed by atoms with Crippen molar-refractivity contribution in [1.29, 1.82) is 5.26 Å². The highest BCUT2D eigenvalue weighted by Gasteiger charge is 2.03. The van der Waals surface area contributed by atoms with Crippen LogP contribution >= 0.6 is 12.6 Å². The van der Waals surface area contributed by atoms with E-state index in [4.69, 9.17) is 10.00 Å². The zero-order chi connectivity index (χ0) is 14.6. The Balaban J connectivity index is 2.07. The van der Waals surface area contributed by atoms with E-state index in [-0.39, 0.29) is 5.56 Å². The molecule has 1 aromatic rings. The van der Waals surface area contributed by atoms with Gasteiger partial charge in [0.1, 0.15) is 17.6 Å². The average molecular weight is 295 g/mol. The Morgan fingerprint density at radius 1 is 1.05 bits per heavy atom. The number of unbranched alkanes of at least 4 members (excludes halogenated alkanes) is 6. The summed E-state index contributed by atoms with van der Waals surface area (Å²) < 4.78 is 18.8. The van der Waals surface area contributed by atoms with Gasteiger partial charge < -0.3 is 4.74 Å². The van der Waals surface area contributed by atoms with E-state index in [0.29, 0.717) is 12.4 Å². The number of nitrogens with zero attached hydrogens (tertiary/aromatic N) is 1.